The first-order valence-electron chi connectivity index (χ1n) is 4.45. The van der Waals surface area contributed by atoms with Gasteiger partial charge in [0.15, 0.2) is 0 Å². The molecule has 0 amide bonds. The summed E-state index contributed by atoms with van der Waals surface area (Å²) in [5, 5.41) is 0. The number of hydrogen-bond acceptors (Lipinski definition) is 2. The van der Waals surface area contributed by atoms with Crippen molar-refractivity contribution in [1.29, 1.82) is 0 Å². The van der Waals surface area contributed by atoms with Crippen LogP contribution in [-0.2, 0) is 9.53 Å². The minimum Gasteiger partial charge on any atom is -0.434 e. The van der Waals surface area contributed by atoms with E-state index in [4.69, 9.17) is 39.5 Å². The highest BCUT2D eigenvalue weighted by Gasteiger charge is 2.24. The van der Waals surface area contributed by atoms with Crippen LogP contribution in [0.1, 0.15) is 12.0 Å². The summed E-state index contributed by atoms with van der Waals surface area (Å²) in [6, 6.07) is 9.40. The Hall–Kier alpha value is -0.700. The zero-order valence-corrected chi connectivity index (χ0v) is 10.5. The van der Waals surface area contributed by atoms with Crippen LogP contribution < -0.4 is 0 Å². The van der Waals surface area contributed by atoms with Crippen molar-refractivity contribution in [3.05, 3.63) is 42.2 Å². The maximum atomic E-state index is 11.1. The van der Waals surface area contributed by atoms with E-state index in [-0.39, 0.29) is 6.42 Å². The fourth-order valence-corrected chi connectivity index (χ4v) is 1.29. The molecule has 0 saturated heterocycles. The van der Waals surface area contributed by atoms with Crippen LogP contribution in [0.3, 0.4) is 0 Å². The third kappa shape index (κ3) is 6.01. The molecule has 2 nitrogen and oxygen atoms in total. The van der Waals surface area contributed by atoms with Crippen molar-refractivity contribution >= 4 is 46.8 Å². The summed E-state index contributed by atoms with van der Waals surface area (Å²) in [7, 11) is 0. The smallest absolute Gasteiger partial charge is 0.314 e. The number of benzene rings is 1. The van der Waals surface area contributed by atoms with Gasteiger partial charge in [0.1, 0.15) is 0 Å². The summed E-state index contributed by atoms with van der Waals surface area (Å²) in [6.45, 7) is 0. The largest absolute Gasteiger partial charge is 0.434 e. The van der Waals surface area contributed by atoms with Crippen LogP contribution in [0, 0.1) is 0 Å². The van der Waals surface area contributed by atoms with E-state index in [1.54, 1.807) is 6.08 Å². The first-order valence-corrected chi connectivity index (χ1v) is 5.58. The molecule has 5 heteroatoms. The quantitative estimate of drug-likeness (QED) is 0.475. The second-order valence-corrected chi connectivity index (χ2v) is 5.51. The molecule has 86 valence electrons. The summed E-state index contributed by atoms with van der Waals surface area (Å²) in [5.74, 6) is -0.591. The Morgan fingerprint density at radius 2 is 1.88 bits per heavy atom. The molecule has 0 aliphatic heterocycles. The monoisotopic (exact) mass is 278 g/mol. The van der Waals surface area contributed by atoms with Crippen LogP contribution >= 0.6 is 34.8 Å². The average molecular weight is 280 g/mol. The number of carbonyl (C=O) groups excluding carboxylic acids is 1. The zero-order valence-electron chi connectivity index (χ0n) is 8.20. The van der Waals surface area contributed by atoms with E-state index in [2.05, 4.69) is 0 Å². The van der Waals surface area contributed by atoms with Gasteiger partial charge in [0.05, 0.1) is 12.7 Å². The summed E-state index contributed by atoms with van der Waals surface area (Å²) < 4.78 is 3.14. The normalized spacial score (nSPS) is 11.7. The van der Waals surface area contributed by atoms with Crippen molar-refractivity contribution < 1.29 is 9.53 Å². The standard InChI is InChI=1S/C11H9Cl3O2/c12-11(13,14)8-10(15)16-7-6-9-4-2-1-3-5-9/h1-7H,8H2. The molecule has 1 rings (SSSR count). The van der Waals surface area contributed by atoms with Crippen LogP contribution in [0.15, 0.2) is 36.6 Å². The minimum absolute atomic E-state index is 0.281. The molecular formula is C11H9Cl3O2. The lowest BCUT2D eigenvalue weighted by Gasteiger charge is -2.07. The van der Waals surface area contributed by atoms with Gasteiger partial charge in [-0.25, -0.2) is 0 Å². The van der Waals surface area contributed by atoms with Gasteiger partial charge in [-0.15, -0.1) is 0 Å². The molecular weight excluding hydrogens is 270 g/mol. The molecule has 0 aliphatic carbocycles. The maximum Gasteiger partial charge on any atom is 0.314 e. The summed E-state index contributed by atoms with van der Waals surface area (Å²) >= 11 is 16.3. The Kier molecular flexibility index (Phi) is 5.13. The Morgan fingerprint density at radius 3 is 2.44 bits per heavy atom. The molecule has 0 unspecified atom stereocenters. The summed E-state index contributed by atoms with van der Waals surface area (Å²) in [5.41, 5.74) is 0.921. The highest BCUT2D eigenvalue weighted by molar-refractivity contribution is 6.68. The molecule has 0 atom stereocenters. The van der Waals surface area contributed by atoms with Crippen LogP contribution in [0.2, 0.25) is 0 Å². The Morgan fingerprint density at radius 1 is 1.25 bits per heavy atom. The molecule has 0 aliphatic rings. The van der Waals surface area contributed by atoms with Gasteiger partial charge in [-0.05, 0) is 11.6 Å². The van der Waals surface area contributed by atoms with Gasteiger partial charge in [0, 0.05) is 0 Å². The average Bonchev–Trinajstić information content (AvgIpc) is 2.16. The van der Waals surface area contributed by atoms with Gasteiger partial charge in [0.25, 0.3) is 0 Å². The first kappa shape index (κ1) is 13.4. The Bertz CT molecular complexity index is 369. The third-order valence-corrected chi connectivity index (χ3v) is 2.01. The number of ether oxygens (including phenoxy) is 1. The molecule has 16 heavy (non-hydrogen) atoms. The van der Waals surface area contributed by atoms with Gasteiger partial charge in [-0.2, -0.15) is 0 Å². The van der Waals surface area contributed by atoms with Crippen molar-refractivity contribution in [3.63, 3.8) is 0 Å². The van der Waals surface area contributed by atoms with Crippen LogP contribution in [0.5, 0.6) is 0 Å². The fraction of sp³-hybridized carbons (Fsp3) is 0.182. The van der Waals surface area contributed by atoms with Crippen molar-refractivity contribution in [3.8, 4) is 0 Å². The van der Waals surface area contributed by atoms with E-state index >= 15 is 0 Å². The van der Waals surface area contributed by atoms with Crippen molar-refractivity contribution in [1.82, 2.24) is 0 Å². The van der Waals surface area contributed by atoms with E-state index in [0.29, 0.717) is 0 Å². The highest BCUT2D eigenvalue weighted by Crippen LogP contribution is 2.30. The van der Waals surface area contributed by atoms with Gasteiger partial charge in [0.2, 0.25) is 3.79 Å². The van der Waals surface area contributed by atoms with Gasteiger partial charge < -0.3 is 4.74 Å². The summed E-state index contributed by atoms with van der Waals surface area (Å²) in [4.78, 5) is 11.1. The topological polar surface area (TPSA) is 26.3 Å². The minimum atomic E-state index is -1.61. The van der Waals surface area contributed by atoms with Crippen molar-refractivity contribution in [2.24, 2.45) is 0 Å². The molecule has 0 saturated carbocycles. The van der Waals surface area contributed by atoms with Crippen molar-refractivity contribution in [2.75, 3.05) is 0 Å². The number of hydrogen-bond donors (Lipinski definition) is 0. The molecule has 0 spiro atoms. The maximum absolute atomic E-state index is 11.1. The van der Waals surface area contributed by atoms with E-state index in [1.165, 1.54) is 6.26 Å². The second-order valence-electron chi connectivity index (χ2n) is 3.00. The van der Waals surface area contributed by atoms with Crippen molar-refractivity contribution in [2.45, 2.75) is 10.2 Å². The molecule has 0 aromatic heterocycles. The Balaban J connectivity index is 2.41. The first-order chi connectivity index (χ1) is 7.47. The predicted octanol–water partition coefficient (Wildman–Crippen LogP) is 3.96. The van der Waals surface area contributed by atoms with Gasteiger partial charge >= 0.3 is 5.97 Å². The lowest BCUT2D eigenvalue weighted by Crippen LogP contribution is -2.11. The number of carbonyl (C=O) groups is 1. The SMILES string of the molecule is O=C(CC(Cl)(Cl)Cl)OC=Cc1ccccc1. The number of halogens is 3. The van der Waals surface area contributed by atoms with E-state index in [1.807, 2.05) is 30.3 Å². The summed E-state index contributed by atoms with van der Waals surface area (Å²) in [6.07, 6.45) is 2.64. The van der Waals surface area contributed by atoms with Gasteiger partial charge in [-0.1, -0.05) is 65.1 Å². The Labute approximate surface area is 109 Å². The molecule has 0 radical (unpaired) electrons. The van der Waals surface area contributed by atoms with Crippen LogP contribution in [-0.4, -0.2) is 9.76 Å². The number of alkyl halides is 3. The second kappa shape index (κ2) is 6.14. The number of esters is 1. The van der Waals surface area contributed by atoms with E-state index in [0.717, 1.165) is 5.56 Å². The van der Waals surface area contributed by atoms with E-state index in [9.17, 15) is 4.79 Å². The third-order valence-electron chi connectivity index (χ3n) is 1.60. The molecule has 0 N–H and O–H groups in total. The van der Waals surface area contributed by atoms with Crippen LogP contribution in [0.4, 0.5) is 0 Å². The van der Waals surface area contributed by atoms with Gasteiger partial charge in [-0.3, -0.25) is 4.79 Å². The molecule has 0 bridgehead atoms. The lowest BCUT2D eigenvalue weighted by molar-refractivity contribution is -0.137. The predicted molar refractivity (Wildman–Crippen MR) is 66.5 cm³/mol. The molecule has 0 heterocycles. The zero-order chi connectivity index (χ0) is 12.0. The molecule has 0 fully saturated rings. The fourth-order valence-electron chi connectivity index (χ4n) is 0.958. The van der Waals surface area contributed by atoms with E-state index < -0.39 is 9.76 Å². The lowest BCUT2D eigenvalue weighted by atomic mass is 10.2. The van der Waals surface area contributed by atoms with Crippen LogP contribution in [0.25, 0.3) is 6.08 Å². The molecule has 1 aromatic carbocycles. The highest BCUT2D eigenvalue weighted by atomic mass is 35.6. The molecule has 1 aromatic rings. The number of rotatable bonds is 3.